The number of carbonyl (C=O) groups excluding carboxylic acids is 1. The van der Waals surface area contributed by atoms with E-state index >= 15 is 0 Å². The first-order valence-corrected chi connectivity index (χ1v) is 8.58. The van der Waals surface area contributed by atoms with Gasteiger partial charge in [-0.2, -0.15) is 0 Å². The number of benzene rings is 2. The van der Waals surface area contributed by atoms with Gasteiger partial charge in [0.1, 0.15) is 12.1 Å². The van der Waals surface area contributed by atoms with Crippen LogP contribution in [0.5, 0.6) is 0 Å². The Morgan fingerprint density at radius 3 is 2.14 bits per heavy atom. The molecule has 3 rings (SSSR count). The molecule has 3 atom stereocenters. The maximum atomic E-state index is 13.0. The summed E-state index contributed by atoms with van der Waals surface area (Å²) < 4.78 is 38.3. The SMILES string of the molecule is O=C[C@@H]1[C@H](c2ccc(F)cc2)[C@@H]1S(=O)(=O)c1ccc(Cl)cc1. The minimum atomic E-state index is -3.63. The van der Waals surface area contributed by atoms with E-state index < -0.39 is 32.7 Å². The van der Waals surface area contributed by atoms with E-state index in [9.17, 15) is 17.6 Å². The smallest absolute Gasteiger partial charge is 0.182 e. The van der Waals surface area contributed by atoms with Gasteiger partial charge in [0, 0.05) is 16.9 Å². The molecule has 0 aliphatic heterocycles. The van der Waals surface area contributed by atoms with Crippen LogP contribution in [0.2, 0.25) is 5.02 Å². The summed E-state index contributed by atoms with van der Waals surface area (Å²) in [4.78, 5) is 11.3. The molecule has 0 N–H and O–H groups in total. The highest BCUT2D eigenvalue weighted by Gasteiger charge is 2.59. The molecule has 3 nitrogen and oxygen atoms in total. The summed E-state index contributed by atoms with van der Waals surface area (Å²) in [6, 6.07) is 11.4. The molecule has 1 fully saturated rings. The van der Waals surface area contributed by atoms with E-state index in [2.05, 4.69) is 0 Å². The first-order valence-electron chi connectivity index (χ1n) is 6.65. The summed E-state index contributed by atoms with van der Waals surface area (Å²) in [6.45, 7) is 0. The van der Waals surface area contributed by atoms with Crippen molar-refractivity contribution in [3.8, 4) is 0 Å². The first kappa shape index (κ1) is 15.2. The molecule has 2 aromatic rings. The molecule has 22 heavy (non-hydrogen) atoms. The second-order valence-corrected chi connectivity index (χ2v) is 7.80. The molecule has 0 saturated heterocycles. The highest BCUT2D eigenvalue weighted by atomic mass is 35.5. The molecular weight excluding hydrogens is 327 g/mol. The predicted octanol–water partition coefficient (Wildman–Crippen LogP) is 3.23. The highest BCUT2D eigenvalue weighted by Crippen LogP contribution is 2.52. The summed E-state index contributed by atoms with van der Waals surface area (Å²) in [5, 5.41) is -0.367. The first-order chi connectivity index (χ1) is 10.4. The van der Waals surface area contributed by atoms with Crippen molar-refractivity contribution in [1.29, 1.82) is 0 Å². The van der Waals surface area contributed by atoms with Crippen LogP contribution in [0.4, 0.5) is 4.39 Å². The summed E-state index contributed by atoms with van der Waals surface area (Å²) in [5.41, 5.74) is 0.654. The number of rotatable bonds is 4. The van der Waals surface area contributed by atoms with E-state index in [0.29, 0.717) is 16.9 Å². The van der Waals surface area contributed by atoms with E-state index in [1.54, 1.807) is 0 Å². The lowest BCUT2D eigenvalue weighted by Crippen LogP contribution is -2.11. The van der Waals surface area contributed by atoms with Crippen molar-refractivity contribution < 1.29 is 17.6 Å². The van der Waals surface area contributed by atoms with Crippen molar-refractivity contribution in [2.24, 2.45) is 5.92 Å². The lowest BCUT2D eigenvalue weighted by atomic mass is 10.1. The van der Waals surface area contributed by atoms with Crippen LogP contribution in [-0.2, 0) is 14.6 Å². The van der Waals surface area contributed by atoms with Gasteiger partial charge in [0.2, 0.25) is 0 Å². The monoisotopic (exact) mass is 338 g/mol. The number of halogens is 2. The molecule has 1 aliphatic carbocycles. The number of sulfone groups is 1. The third kappa shape index (κ3) is 2.55. The molecule has 0 spiro atoms. The molecule has 114 valence electrons. The minimum absolute atomic E-state index is 0.137. The van der Waals surface area contributed by atoms with Crippen LogP contribution in [0.15, 0.2) is 53.4 Å². The third-order valence-corrected chi connectivity index (χ3v) is 6.42. The quantitative estimate of drug-likeness (QED) is 0.804. The van der Waals surface area contributed by atoms with Gasteiger partial charge in [-0.1, -0.05) is 23.7 Å². The standard InChI is InChI=1S/C16H12ClFO3S/c17-11-3-7-13(8-4-11)22(20,21)16-14(9-19)15(16)10-1-5-12(18)6-2-10/h1-9,14-16H/t14-,15+,16-/m1/s1. The summed E-state index contributed by atoms with van der Waals surface area (Å²) in [6.07, 6.45) is 0.659. The summed E-state index contributed by atoms with van der Waals surface area (Å²) in [5.74, 6) is -1.44. The van der Waals surface area contributed by atoms with E-state index in [0.717, 1.165) is 0 Å². The normalized spacial score (nSPS) is 24.0. The summed E-state index contributed by atoms with van der Waals surface area (Å²) >= 11 is 5.77. The van der Waals surface area contributed by atoms with Crippen LogP contribution in [0.1, 0.15) is 11.5 Å². The molecule has 0 bridgehead atoms. The minimum Gasteiger partial charge on any atom is -0.303 e. The number of hydrogen-bond donors (Lipinski definition) is 0. The molecule has 0 radical (unpaired) electrons. The van der Waals surface area contributed by atoms with Crippen molar-refractivity contribution in [2.45, 2.75) is 16.1 Å². The van der Waals surface area contributed by atoms with Crippen molar-refractivity contribution >= 4 is 27.7 Å². The lowest BCUT2D eigenvalue weighted by Gasteiger charge is -2.04. The molecule has 1 aliphatic rings. The van der Waals surface area contributed by atoms with Crippen LogP contribution in [0.3, 0.4) is 0 Å². The van der Waals surface area contributed by atoms with E-state index in [1.165, 1.54) is 48.5 Å². The Hall–Kier alpha value is -1.72. The van der Waals surface area contributed by atoms with E-state index in [1.807, 2.05) is 0 Å². The molecule has 1 saturated carbocycles. The second-order valence-electron chi connectivity index (χ2n) is 5.25. The van der Waals surface area contributed by atoms with Crippen LogP contribution in [0.25, 0.3) is 0 Å². The molecular formula is C16H12ClFO3S. The average molecular weight is 339 g/mol. The Kier molecular flexibility index (Phi) is 3.78. The van der Waals surface area contributed by atoms with Gasteiger partial charge in [-0.15, -0.1) is 0 Å². The maximum Gasteiger partial charge on any atom is 0.182 e. The average Bonchev–Trinajstić information content (AvgIpc) is 3.24. The van der Waals surface area contributed by atoms with Crippen molar-refractivity contribution in [1.82, 2.24) is 0 Å². The van der Waals surface area contributed by atoms with Crippen molar-refractivity contribution in [3.63, 3.8) is 0 Å². The fourth-order valence-corrected chi connectivity index (χ4v) is 4.98. The summed E-state index contributed by atoms with van der Waals surface area (Å²) in [7, 11) is -3.63. The van der Waals surface area contributed by atoms with Gasteiger partial charge in [0.15, 0.2) is 9.84 Å². The molecule has 0 amide bonds. The van der Waals surface area contributed by atoms with Crippen LogP contribution in [0, 0.1) is 11.7 Å². The van der Waals surface area contributed by atoms with E-state index in [-0.39, 0.29) is 4.90 Å². The Labute approximate surface area is 132 Å². The largest absolute Gasteiger partial charge is 0.303 e. The fraction of sp³-hybridized carbons (Fsp3) is 0.188. The fourth-order valence-electron chi connectivity index (χ4n) is 2.75. The van der Waals surface area contributed by atoms with Crippen LogP contribution >= 0.6 is 11.6 Å². The van der Waals surface area contributed by atoms with Gasteiger partial charge in [-0.3, -0.25) is 0 Å². The topological polar surface area (TPSA) is 51.2 Å². The molecule has 2 aromatic carbocycles. The zero-order valence-corrected chi connectivity index (χ0v) is 12.9. The third-order valence-electron chi connectivity index (χ3n) is 3.92. The molecule has 0 aromatic heterocycles. The Morgan fingerprint density at radius 1 is 1.00 bits per heavy atom. The Bertz CT molecular complexity index is 800. The van der Waals surface area contributed by atoms with Gasteiger partial charge in [0.25, 0.3) is 0 Å². The van der Waals surface area contributed by atoms with Crippen molar-refractivity contribution in [2.75, 3.05) is 0 Å². The number of carbonyl (C=O) groups is 1. The molecule has 0 unspecified atom stereocenters. The van der Waals surface area contributed by atoms with Gasteiger partial charge in [0.05, 0.1) is 10.1 Å². The second kappa shape index (κ2) is 5.48. The van der Waals surface area contributed by atoms with E-state index in [4.69, 9.17) is 11.6 Å². The zero-order chi connectivity index (χ0) is 15.9. The van der Waals surface area contributed by atoms with Crippen LogP contribution in [-0.4, -0.2) is 20.0 Å². The molecule has 0 heterocycles. The Balaban J connectivity index is 1.95. The van der Waals surface area contributed by atoms with Crippen molar-refractivity contribution in [3.05, 3.63) is 64.9 Å². The lowest BCUT2D eigenvalue weighted by molar-refractivity contribution is -0.108. The predicted molar refractivity (Wildman–Crippen MR) is 81.1 cm³/mol. The zero-order valence-electron chi connectivity index (χ0n) is 11.3. The van der Waals surface area contributed by atoms with Gasteiger partial charge in [-0.25, -0.2) is 12.8 Å². The number of aldehydes is 1. The number of hydrogen-bond acceptors (Lipinski definition) is 3. The maximum absolute atomic E-state index is 13.0. The molecule has 6 heteroatoms. The van der Waals surface area contributed by atoms with Crippen LogP contribution < -0.4 is 0 Å². The highest BCUT2D eigenvalue weighted by molar-refractivity contribution is 7.92. The van der Waals surface area contributed by atoms with Gasteiger partial charge in [-0.05, 0) is 42.0 Å². The van der Waals surface area contributed by atoms with Gasteiger partial charge < -0.3 is 4.79 Å². The van der Waals surface area contributed by atoms with Gasteiger partial charge >= 0.3 is 0 Å². The Morgan fingerprint density at radius 2 is 1.59 bits per heavy atom.